The summed E-state index contributed by atoms with van der Waals surface area (Å²) in [7, 11) is 0. The van der Waals surface area contributed by atoms with Crippen LogP contribution in [0.5, 0.6) is 5.75 Å². The topological polar surface area (TPSA) is 64.6 Å². The van der Waals surface area contributed by atoms with Crippen molar-refractivity contribution in [2.75, 3.05) is 0 Å². The van der Waals surface area contributed by atoms with Gasteiger partial charge in [-0.25, -0.2) is 9.65 Å². The van der Waals surface area contributed by atoms with E-state index in [9.17, 15) is 9.36 Å². The Balaban J connectivity index is 2.62. The molecule has 0 bridgehead atoms. The first-order valence-electron chi connectivity index (χ1n) is 5.93. The second-order valence-electron chi connectivity index (χ2n) is 4.36. The Bertz CT molecular complexity index is 507. The van der Waals surface area contributed by atoms with Crippen LogP contribution >= 0.6 is 29.7 Å². The van der Waals surface area contributed by atoms with Crippen LogP contribution in [0.2, 0.25) is 5.02 Å². The molecule has 0 aromatic heterocycles. The van der Waals surface area contributed by atoms with E-state index in [-0.39, 0.29) is 11.9 Å². The molecule has 0 aliphatic heterocycles. The number of benzene rings is 1. The molecular weight excluding hydrogens is 324 g/mol. The van der Waals surface area contributed by atoms with E-state index in [1.807, 2.05) is 0 Å². The van der Waals surface area contributed by atoms with Crippen LogP contribution in [0.3, 0.4) is 0 Å². The molecule has 1 N–H and O–H groups in total. The van der Waals surface area contributed by atoms with E-state index in [4.69, 9.17) is 32.1 Å². The van der Waals surface area contributed by atoms with Crippen LogP contribution in [0.15, 0.2) is 24.3 Å². The standard InChI is InChI=1S/C12H16Cl2NO4P/c1-8(2)18-12(16)9(3)15-20(14,17)19-11-6-4-10(13)5-7-11/h4-9H,1-3H3,(H,15,17). The van der Waals surface area contributed by atoms with Crippen LogP contribution < -0.4 is 9.61 Å². The van der Waals surface area contributed by atoms with Crippen molar-refractivity contribution in [3.05, 3.63) is 29.3 Å². The van der Waals surface area contributed by atoms with Gasteiger partial charge in [-0.1, -0.05) is 11.6 Å². The van der Waals surface area contributed by atoms with E-state index >= 15 is 0 Å². The predicted molar refractivity (Wildman–Crippen MR) is 79.4 cm³/mol. The summed E-state index contributed by atoms with van der Waals surface area (Å²) in [6.07, 6.45) is -0.265. The van der Waals surface area contributed by atoms with Crippen LogP contribution in [0.1, 0.15) is 20.8 Å². The number of hydrogen-bond acceptors (Lipinski definition) is 4. The molecule has 2 unspecified atom stereocenters. The average Bonchev–Trinajstić information content (AvgIpc) is 2.30. The molecule has 0 spiro atoms. The van der Waals surface area contributed by atoms with Crippen LogP contribution in [-0.4, -0.2) is 18.1 Å². The molecule has 0 aliphatic rings. The van der Waals surface area contributed by atoms with Gasteiger partial charge in [0.05, 0.1) is 6.10 Å². The van der Waals surface area contributed by atoms with Gasteiger partial charge >= 0.3 is 12.8 Å². The zero-order valence-electron chi connectivity index (χ0n) is 11.3. The molecule has 0 heterocycles. The maximum absolute atomic E-state index is 12.1. The lowest BCUT2D eigenvalue weighted by Crippen LogP contribution is -2.34. The molecule has 20 heavy (non-hydrogen) atoms. The van der Waals surface area contributed by atoms with E-state index in [2.05, 4.69) is 5.09 Å². The highest BCUT2D eigenvalue weighted by molar-refractivity contribution is 7.84. The van der Waals surface area contributed by atoms with Crippen molar-refractivity contribution in [3.8, 4) is 5.75 Å². The van der Waals surface area contributed by atoms with Gasteiger partial charge in [0.15, 0.2) is 0 Å². The van der Waals surface area contributed by atoms with E-state index in [1.54, 1.807) is 26.0 Å². The van der Waals surface area contributed by atoms with Gasteiger partial charge in [0, 0.05) is 16.3 Å². The molecule has 0 fully saturated rings. The molecule has 1 rings (SSSR count). The highest BCUT2D eigenvalue weighted by Gasteiger charge is 2.28. The third kappa shape index (κ3) is 6.14. The van der Waals surface area contributed by atoms with Gasteiger partial charge in [-0.05, 0) is 45.0 Å². The summed E-state index contributed by atoms with van der Waals surface area (Å²) in [6.45, 7) is 1.22. The highest BCUT2D eigenvalue weighted by atomic mass is 35.7. The third-order valence-corrected chi connectivity index (χ3v) is 3.98. The Labute approximate surface area is 127 Å². The minimum absolute atomic E-state index is 0.265. The van der Waals surface area contributed by atoms with Crippen molar-refractivity contribution in [2.45, 2.75) is 32.9 Å². The summed E-state index contributed by atoms with van der Waals surface area (Å²) in [5.41, 5.74) is 0. The summed E-state index contributed by atoms with van der Waals surface area (Å²) >= 11 is 11.5. The second kappa shape index (κ2) is 7.32. The summed E-state index contributed by atoms with van der Waals surface area (Å²) in [5, 5.41) is 2.93. The summed E-state index contributed by atoms with van der Waals surface area (Å²) in [6, 6.07) is 5.34. The number of carbonyl (C=O) groups excluding carboxylic acids is 1. The minimum Gasteiger partial charge on any atom is -0.462 e. The lowest BCUT2D eigenvalue weighted by atomic mass is 10.3. The van der Waals surface area contributed by atoms with Crippen LogP contribution in [0, 0.1) is 0 Å². The van der Waals surface area contributed by atoms with Gasteiger partial charge in [0.2, 0.25) is 0 Å². The van der Waals surface area contributed by atoms with Crippen molar-refractivity contribution in [1.82, 2.24) is 5.09 Å². The number of halogens is 2. The van der Waals surface area contributed by atoms with Crippen molar-refractivity contribution in [3.63, 3.8) is 0 Å². The normalized spacial score (nSPS) is 15.5. The highest BCUT2D eigenvalue weighted by Crippen LogP contribution is 2.48. The Morgan fingerprint density at radius 1 is 1.25 bits per heavy atom. The van der Waals surface area contributed by atoms with Gasteiger partial charge < -0.3 is 9.26 Å². The van der Waals surface area contributed by atoms with Crippen molar-refractivity contribution >= 4 is 35.7 Å². The number of ether oxygens (including phenoxy) is 1. The van der Waals surface area contributed by atoms with E-state index in [0.717, 1.165) is 0 Å². The maximum atomic E-state index is 12.1. The van der Waals surface area contributed by atoms with Crippen LogP contribution in [0.4, 0.5) is 0 Å². The largest absolute Gasteiger partial charge is 0.462 e. The fourth-order valence-corrected chi connectivity index (χ4v) is 3.09. The molecule has 0 saturated heterocycles. The number of rotatable bonds is 6. The van der Waals surface area contributed by atoms with Gasteiger partial charge in [0.25, 0.3) is 0 Å². The fraction of sp³-hybridized carbons (Fsp3) is 0.417. The van der Waals surface area contributed by atoms with Crippen LogP contribution in [0.25, 0.3) is 0 Å². The number of esters is 1. The molecule has 1 aromatic carbocycles. The SMILES string of the molecule is CC(C)OC(=O)C(C)NP(=O)(Cl)Oc1ccc(Cl)cc1. The molecular formula is C12H16Cl2NO4P. The van der Waals surface area contributed by atoms with E-state index in [1.165, 1.54) is 19.1 Å². The first kappa shape index (κ1) is 17.3. The molecule has 0 aliphatic carbocycles. The zero-order valence-corrected chi connectivity index (χ0v) is 13.7. The van der Waals surface area contributed by atoms with Crippen molar-refractivity contribution < 1.29 is 18.6 Å². The van der Waals surface area contributed by atoms with E-state index in [0.29, 0.717) is 5.02 Å². The predicted octanol–water partition coefficient (Wildman–Crippen LogP) is 4.00. The third-order valence-electron chi connectivity index (χ3n) is 2.09. The van der Waals surface area contributed by atoms with Crippen molar-refractivity contribution in [2.24, 2.45) is 0 Å². The van der Waals surface area contributed by atoms with E-state index < -0.39 is 18.9 Å². The Hall–Kier alpha value is -0.740. The van der Waals surface area contributed by atoms with Gasteiger partial charge in [-0.2, -0.15) is 0 Å². The summed E-state index contributed by atoms with van der Waals surface area (Å²) in [4.78, 5) is 11.6. The average molecular weight is 340 g/mol. The lowest BCUT2D eigenvalue weighted by Gasteiger charge is -2.19. The Morgan fingerprint density at radius 3 is 2.30 bits per heavy atom. The van der Waals surface area contributed by atoms with Crippen molar-refractivity contribution in [1.29, 1.82) is 0 Å². The second-order valence-corrected chi connectivity index (χ2v) is 7.53. The molecule has 5 nitrogen and oxygen atoms in total. The minimum atomic E-state index is -3.70. The fourth-order valence-electron chi connectivity index (χ4n) is 1.28. The molecule has 1 aromatic rings. The smallest absolute Gasteiger partial charge is 0.409 e. The molecule has 112 valence electrons. The molecule has 8 heteroatoms. The first-order chi connectivity index (χ1) is 9.19. The molecule has 0 radical (unpaired) electrons. The van der Waals surface area contributed by atoms with Gasteiger partial charge in [0.1, 0.15) is 11.8 Å². The zero-order chi connectivity index (χ0) is 15.3. The monoisotopic (exact) mass is 339 g/mol. The number of carbonyl (C=O) groups is 1. The first-order valence-corrected chi connectivity index (χ1v) is 8.83. The number of nitrogens with one attached hydrogen (secondary N) is 1. The van der Waals surface area contributed by atoms with Crippen LogP contribution in [-0.2, 0) is 14.1 Å². The number of hydrogen-bond donors (Lipinski definition) is 1. The van der Waals surface area contributed by atoms with Gasteiger partial charge in [-0.15, -0.1) is 0 Å². The summed E-state index contributed by atoms with van der Waals surface area (Å²) < 4.78 is 22.2. The maximum Gasteiger partial charge on any atom is 0.409 e. The summed E-state index contributed by atoms with van der Waals surface area (Å²) in [5.74, 6) is -0.273. The lowest BCUT2D eigenvalue weighted by molar-refractivity contribution is -0.148. The Kier molecular flexibility index (Phi) is 6.34. The van der Waals surface area contributed by atoms with Gasteiger partial charge in [-0.3, -0.25) is 4.79 Å². The molecule has 0 saturated carbocycles. The Morgan fingerprint density at radius 2 is 1.80 bits per heavy atom. The molecule has 0 amide bonds. The molecule has 2 atom stereocenters. The quantitative estimate of drug-likeness (QED) is 0.626.